The highest BCUT2D eigenvalue weighted by molar-refractivity contribution is 5.83. The minimum absolute atomic E-state index is 0.0322. The van der Waals surface area contributed by atoms with Gasteiger partial charge in [-0.25, -0.2) is 19.2 Å². The zero-order valence-electron chi connectivity index (χ0n) is 53.3. The van der Waals surface area contributed by atoms with Crippen molar-refractivity contribution >= 4 is 23.9 Å². The molecule has 0 atom stereocenters. The van der Waals surface area contributed by atoms with Gasteiger partial charge in [-0.15, -0.1) is 6.58 Å². The fourth-order valence-corrected chi connectivity index (χ4v) is 9.60. The lowest BCUT2D eigenvalue weighted by molar-refractivity contribution is -0.146. The van der Waals surface area contributed by atoms with Crippen molar-refractivity contribution in [2.45, 2.75) is 348 Å². The first-order chi connectivity index (χ1) is 39.3. The molecular weight excluding hydrogens is 993 g/mol. The van der Waals surface area contributed by atoms with Crippen LogP contribution in [0.5, 0.6) is 0 Å². The number of unbranched alkanes of at least 4 members (excludes halogenated alkanes) is 48. The SMILES string of the molecule is C=CC(=O)OCCOC(=O)C=C.C=CCCCCCCCCCCCCCCCCCC.CCCCCCCCCCCCCCCCCC/C=C/C(=O)OCCOC(=O)/C=C/CCCCCCCCCCCCCCCCCC. The summed E-state index contributed by atoms with van der Waals surface area (Å²) in [5.41, 5.74) is 0. The molecule has 0 fully saturated rings. The van der Waals surface area contributed by atoms with Gasteiger partial charge in [-0.2, -0.15) is 0 Å². The largest absolute Gasteiger partial charge is 0.459 e. The van der Waals surface area contributed by atoms with Crippen molar-refractivity contribution in [2.75, 3.05) is 26.4 Å². The Morgan fingerprint density at radius 1 is 0.250 bits per heavy atom. The molecule has 0 aliphatic rings. The maximum atomic E-state index is 11.8. The molecule has 468 valence electrons. The van der Waals surface area contributed by atoms with Crippen LogP contribution in [0.2, 0.25) is 0 Å². The van der Waals surface area contributed by atoms with E-state index in [1.54, 1.807) is 0 Å². The van der Waals surface area contributed by atoms with Gasteiger partial charge in [0.15, 0.2) is 0 Å². The second-order valence-corrected chi connectivity index (χ2v) is 22.4. The van der Waals surface area contributed by atoms with E-state index < -0.39 is 11.9 Å². The highest BCUT2D eigenvalue weighted by Crippen LogP contribution is 2.17. The summed E-state index contributed by atoms with van der Waals surface area (Å²) in [5, 5.41) is 0. The fourth-order valence-electron chi connectivity index (χ4n) is 9.60. The quantitative estimate of drug-likeness (QED) is 0.0195. The zero-order chi connectivity index (χ0) is 59.0. The Kier molecular flexibility index (Phi) is 76.3. The summed E-state index contributed by atoms with van der Waals surface area (Å²) in [6, 6.07) is 0. The molecule has 0 radical (unpaired) electrons. The van der Waals surface area contributed by atoms with Gasteiger partial charge in [-0.3, -0.25) is 0 Å². The van der Waals surface area contributed by atoms with Crippen molar-refractivity contribution in [3.63, 3.8) is 0 Å². The second-order valence-electron chi connectivity index (χ2n) is 22.4. The molecule has 0 saturated carbocycles. The molecule has 0 rings (SSSR count). The summed E-state index contributed by atoms with van der Waals surface area (Å²) < 4.78 is 19.3. The molecule has 0 aliphatic heterocycles. The first-order valence-electron chi connectivity index (χ1n) is 34.2. The first kappa shape index (κ1) is 80.8. The number of rotatable bonds is 61. The van der Waals surface area contributed by atoms with Crippen LogP contribution in [0.25, 0.3) is 0 Å². The van der Waals surface area contributed by atoms with Crippen molar-refractivity contribution < 1.29 is 38.1 Å². The standard InChI is InChI=1S/C44H82O4.C20H40.C8H10O4/c1-3-5-7-9-11-13-15-17-19-21-23-25-27-29-31-33-35-37-39-43(45)47-41-42-48-44(46)40-38-36-34-32-30-28-26-24-22-20-18-16-14-12-10-8-6-4-2;1-3-5-7-9-11-13-15-17-19-20-18-16-14-12-10-8-6-4-2;1-3-7(9)11-5-6-12-8(10)4-2/h37-40H,3-36,41-42H2,1-2H3;3H,1,4-20H2,2H3;3-4H,1-2,5-6H2/b39-37+,40-38+;;. The van der Waals surface area contributed by atoms with Gasteiger partial charge in [0.05, 0.1) is 0 Å². The van der Waals surface area contributed by atoms with Crippen molar-refractivity contribution in [2.24, 2.45) is 0 Å². The zero-order valence-corrected chi connectivity index (χ0v) is 53.3. The molecule has 0 aromatic carbocycles. The summed E-state index contributed by atoms with van der Waals surface area (Å²) in [7, 11) is 0. The minimum atomic E-state index is -0.537. The van der Waals surface area contributed by atoms with Gasteiger partial charge < -0.3 is 18.9 Å². The monoisotopic (exact) mass is 1120 g/mol. The van der Waals surface area contributed by atoms with Crippen LogP contribution < -0.4 is 0 Å². The van der Waals surface area contributed by atoms with Gasteiger partial charge >= 0.3 is 23.9 Å². The van der Waals surface area contributed by atoms with Crippen LogP contribution in [-0.2, 0) is 38.1 Å². The third-order valence-corrected chi connectivity index (χ3v) is 14.7. The van der Waals surface area contributed by atoms with Crippen molar-refractivity contribution in [3.05, 3.63) is 62.3 Å². The van der Waals surface area contributed by atoms with Gasteiger partial charge in [0, 0.05) is 24.3 Å². The van der Waals surface area contributed by atoms with Crippen molar-refractivity contribution in [1.82, 2.24) is 0 Å². The molecule has 0 N–H and O–H groups in total. The molecule has 0 bridgehead atoms. The lowest BCUT2D eigenvalue weighted by atomic mass is 10.0. The number of carbonyl (C=O) groups is 4. The lowest BCUT2D eigenvalue weighted by Gasteiger charge is -2.04. The Labute approximate surface area is 496 Å². The molecule has 0 saturated heterocycles. The van der Waals surface area contributed by atoms with Crippen LogP contribution in [0.3, 0.4) is 0 Å². The van der Waals surface area contributed by atoms with E-state index in [4.69, 9.17) is 9.47 Å². The molecule has 8 nitrogen and oxygen atoms in total. The Morgan fingerprint density at radius 2 is 0.425 bits per heavy atom. The fraction of sp³-hybridized carbons (Fsp3) is 0.806. The average Bonchev–Trinajstić information content (AvgIpc) is 3.46. The Morgan fingerprint density at radius 3 is 0.613 bits per heavy atom. The Hall–Kier alpha value is -3.42. The summed E-state index contributed by atoms with van der Waals surface area (Å²) in [4.78, 5) is 44.5. The van der Waals surface area contributed by atoms with Gasteiger partial charge in [0.2, 0.25) is 0 Å². The van der Waals surface area contributed by atoms with E-state index in [2.05, 4.69) is 50.0 Å². The molecule has 0 aromatic rings. The number of esters is 4. The minimum Gasteiger partial charge on any atom is -0.459 e. The second kappa shape index (κ2) is 75.6. The van der Waals surface area contributed by atoms with E-state index in [0.717, 1.165) is 37.8 Å². The number of carbonyl (C=O) groups excluding carboxylic acids is 4. The maximum Gasteiger partial charge on any atom is 0.330 e. The highest BCUT2D eigenvalue weighted by Gasteiger charge is 2.02. The molecule has 0 amide bonds. The van der Waals surface area contributed by atoms with Crippen LogP contribution in [0.4, 0.5) is 0 Å². The summed E-state index contributed by atoms with van der Waals surface area (Å²) >= 11 is 0. The molecule has 0 unspecified atom stereocenters. The van der Waals surface area contributed by atoms with E-state index in [-0.39, 0.29) is 38.4 Å². The predicted molar refractivity (Wildman–Crippen MR) is 345 cm³/mol. The molecule has 0 aliphatic carbocycles. The van der Waals surface area contributed by atoms with Crippen LogP contribution in [0.1, 0.15) is 348 Å². The summed E-state index contributed by atoms with van der Waals surface area (Å²) in [6.07, 6.45) is 80.8. The van der Waals surface area contributed by atoms with Crippen LogP contribution in [0, 0.1) is 0 Å². The number of hydrogen-bond acceptors (Lipinski definition) is 8. The van der Waals surface area contributed by atoms with Gasteiger partial charge in [-0.1, -0.05) is 341 Å². The normalized spacial score (nSPS) is 10.9. The van der Waals surface area contributed by atoms with Crippen LogP contribution in [0.15, 0.2) is 62.3 Å². The Bertz CT molecular complexity index is 1290. The molecule has 80 heavy (non-hydrogen) atoms. The highest BCUT2D eigenvalue weighted by atomic mass is 16.6. The third kappa shape index (κ3) is 78.8. The number of ether oxygens (including phenoxy) is 4. The summed E-state index contributed by atoms with van der Waals surface area (Å²) in [5.74, 6) is -1.79. The smallest absolute Gasteiger partial charge is 0.330 e. The summed E-state index contributed by atoms with van der Waals surface area (Å²) in [6.45, 7) is 17.3. The van der Waals surface area contributed by atoms with Crippen molar-refractivity contribution in [1.29, 1.82) is 0 Å². The van der Waals surface area contributed by atoms with E-state index in [9.17, 15) is 19.2 Å². The van der Waals surface area contributed by atoms with Gasteiger partial charge in [0.1, 0.15) is 26.4 Å². The average molecular weight is 1130 g/mol. The maximum absolute atomic E-state index is 11.8. The predicted octanol–water partition coefficient (Wildman–Crippen LogP) is 22.8. The first-order valence-corrected chi connectivity index (χ1v) is 34.2. The van der Waals surface area contributed by atoms with Gasteiger partial charge in [-0.05, 0) is 38.5 Å². The third-order valence-electron chi connectivity index (χ3n) is 14.7. The molecule has 0 spiro atoms. The molecule has 0 aromatic heterocycles. The van der Waals surface area contributed by atoms with Crippen molar-refractivity contribution in [3.8, 4) is 0 Å². The van der Waals surface area contributed by atoms with Crippen LogP contribution in [-0.4, -0.2) is 50.3 Å². The topological polar surface area (TPSA) is 105 Å². The molecular formula is C72H132O8. The lowest BCUT2D eigenvalue weighted by Crippen LogP contribution is -2.11. The van der Waals surface area contributed by atoms with E-state index in [1.165, 1.54) is 314 Å². The number of hydrogen-bond donors (Lipinski definition) is 0. The van der Waals surface area contributed by atoms with E-state index in [1.807, 2.05) is 18.2 Å². The van der Waals surface area contributed by atoms with Crippen LogP contribution >= 0.6 is 0 Å². The molecule has 8 heteroatoms. The number of allylic oxidation sites excluding steroid dienone is 3. The van der Waals surface area contributed by atoms with Gasteiger partial charge in [0.25, 0.3) is 0 Å². The Balaban J connectivity index is -0.00000150. The van der Waals surface area contributed by atoms with E-state index >= 15 is 0 Å². The molecule has 0 heterocycles. The van der Waals surface area contributed by atoms with E-state index in [0.29, 0.717) is 0 Å².